The number of carbonyl (C=O) groups is 3. The molecule has 0 fully saturated rings. The van der Waals surface area contributed by atoms with E-state index in [4.69, 9.17) is 14.2 Å². The van der Waals surface area contributed by atoms with Crippen molar-refractivity contribution in [1.29, 1.82) is 0 Å². The van der Waals surface area contributed by atoms with Gasteiger partial charge in [0.1, 0.15) is 13.2 Å². The largest absolute Gasteiger partial charge is 0.462 e. The van der Waals surface area contributed by atoms with Crippen molar-refractivity contribution in [3.63, 3.8) is 0 Å². The molecule has 0 aromatic rings. The monoisotopic (exact) mass is 859 g/mol. The second-order valence-electron chi connectivity index (χ2n) is 16.0. The summed E-state index contributed by atoms with van der Waals surface area (Å²) in [5.74, 6) is -1.04. The maximum atomic E-state index is 12.7. The lowest BCUT2D eigenvalue weighted by Crippen LogP contribution is -2.30. The minimum Gasteiger partial charge on any atom is -0.462 e. The van der Waals surface area contributed by atoms with Crippen LogP contribution in [0.3, 0.4) is 0 Å². The minimum atomic E-state index is -0.823. The van der Waals surface area contributed by atoms with Crippen molar-refractivity contribution in [1.82, 2.24) is 0 Å². The zero-order valence-electron chi connectivity index (χ0n) is 39.8. The molecule has 0 aliphatic rings. The second kappa shape index (κ2) is 49.7. The summed E-state index contributed by atoms with van der Waals surface area (Å²) in [6.07, 6.45) is 66.6. The lowest BCUT2D eigenvalue weighted by molar-refractivity contribution is -0.166. The van der Waals surface area contributed by atoms with E-state index in [1.54, 1.807) is 0 Å². The van der Waals surface area contributed by atoms with Gasteiger partial charge in [0.15, 0.2) is 6.10 Å². The zero-order valence-corrected chi connectivity index (χ0v) is 39.8. The Kier molecular flexibility index (Phi) is 46.6. The summed E-state index contributed by atoms with van der Waals surface area (Å²) in [4.78, 5) is 37.9. The molecule has 0 aliphatic heterocycles. The van der Waals surface area contributed by atoms with Gasteiger partial charge in [0, 0.05) is 19.3 Å². The molecule has 6 nitrogen and oxygen atoms in total. The van der Waals surface area contributed by atoms with Crippen molar-refractivity contribution in [2.75, 3.05) is 13.2 Å². The fourth-order valence-electron chi connectivity index (χ4n) is 6.36. The molecule has 1 atom stereocenters. The lowest BCUT2D eigenvalue weighted by Gasteiger charge is -2.18. The smallest absolute Gasteiger partial charge is 0.306 e. The molecule has 0 N–H and O–H groups in total. The highest BCUT2D eigenvalue weighted by Gasteiger charge is 2.19. The van der Waals surface area contributed by atoms with E-state index in [1.165, 1.54) is 57.8 Å². The first-order valence-electron chi connectivity index (χ1n) is 24.9. The Balaban J connectivity index is 4.54. The molecule has 1 unspecified atom stereocenters. The first-order chi connectivity index (χ1) is 30.5. The van der Waals surface area contributed by atoms with Gasteiger partial charge in [-0.25, -0.2) is 0 Å². The topological polar surface area (TPSA) is 78.9 Å². The van der Waals surface area contributed by atoms with E-state index in [9.17, 15) is 14.4 Å². The molecule has 0 radical (unpaired) electrons. The van der Waals surface area contributed by atoms with E-state index in [2.05, 4.69) is 118 Å². The number of esters is 3. The van der Waals surface area contributed by atoms with Crippen LogP contribution in [0.4, 0.5) is 0 Å². The van der Waals surface area contributed by atoms with E-state index in [-0.39, 0.29) is 44.0 Å². The third-order valence-electron chi connectivity index (χ3n) is 10.0. The highest BCUT2D eigenvalue weighted by Crippen LogP contribution is 2.13. The normalized spacial score (nSPS) is 13.0. The average Bonchev–Trinajstić information content (AvgIpc) is 3.27. The first kappa shape index (κ1) is 58.1. The lowest BCUT2D eigenvalue weighted by atomic mass is 10.0. The highest BCUT2D eigenvalue weighted by molar-refractivity contribution is 5.71. The summed E-state index contributed by atoms with van der Waals surface area (Å²) < 4.78 is 16.7. The fraction of sp³-hybridized carbons (Fsp3) is 0.625. The van der Waals surface area contributed by atoms with Crippen LogP contribution in [0.15, 0.2) is 109 Å². The van der Waals surface area contributed by atoms with Gasteiger partial charge in [0.25, 0.3) is 0 Å². The van der Waals surface area contributed by atoms with E-state index in [0.29, 0.717) is 19.3 Å². The Labute approximate surface area is 380 Å². The van der Waals surface area contributed by atoms with Crippen molar-refractivity contribution in [3.05, 3.63) is 109 Å². The Morgan fingerprint density at radius 1 is 0.339 bits per heavy atom. The van der Waals surface area contributed by atoms with Gasteiger partial charge in [-0.2, -0.15) is 0 Å². The zero-order chi connectivity index (χ0) is 45.1. The summed E-state index contributed by atoms with van der Waals surface area (Å²) in [7, 11) is 0. The van der Waals surface area contributed by atoms with Gasteiger partial charge in [-0.15, -0.1) is 0 Å². The summed E-state index contributed by atoms with van der Waals surface area (Å²) >= 11 is 0. The third-order valence-corrected chi connectivity index (χ3v) is 10.0. The van der Waals surface area contributed by atoms with Crippen LogP contribution in [0.25, 0.3) is 0 Å². The van der Waals surface area contributed by atoms with Crippen LogP contribution < -0.4 is 0 Å². The summed E-state index contributed by atoms with van der Waals surface area (Å²) in [5, 5.41) is 0. The second-order valence-corrected chi connectivity index (χ2v) is 16.0. The van der Waals surface area contributed by atoms with E-state index in [1.807, 2.05) is 12.2 Å². The van der Waals surface area contributed by atoms with Gasteiger partial charge in [-0.1, -0.05) is 207 Å². The quantitative estimate of drug-likeness (QED) is 0.0263. The first-order valence-corrected chi connectivity index (χ1v) is 24.9. The molecule has 0 spiro atoms. The van der Waals surface area contributed by atoms with Crippen LogP contribution in [0.1, 0.15) is 207 Å². The molecule has 0 bridgehead atoms. The average molecular weight is 859 g/mol. The number of hydrogen-bond donors (Lipinski definition) is 0. The molecule has 0 saturated heterocycles. The van der Waals surface area contributed by atoms with Crippen LogP contribution in [0.5, 0.6) is 0 Å². The maximum absolute atomic E-state index is 12.7. The fourth-order valence-corrected chi connectivity index (χ4v) is 6.36. The van der Waals surface area contributed by atoms with Crippen LogP contribution in [0.2, 0.25) is 0 Å². The van der Waals surface area contributed by atoms with E-state index in [0.717, 1.165) is 96.3 Å². The number of rotatable bonds is 43. The van der Waals surface area contributed by atoms with Crippen LogP contribution >= 0.6 is 0 Å². The third kappa shape index (κ3) is 47.1. The van der Waals surface area contributed by atoms with Crippen molar-refractivity contribution in [2.45, 2.75) is 213 Å². The standard InChI is InChI=1S/C56H90O6/c1-4-7-10-13-16-19-22-25-26-27-28-29-30-32-34-37-40-43-46-49-55(58)61-52-53(51-60-54(57)48-45-42-39-36-33-24-21-18-15-12-9-6-3)62-56(59)50-47-44-41-38-35-31-23-20-17-14-11-8-5-2/h7-8,10-11,16-17,19-20,25-26,28-29,31-32,34-35,40,43,53H,4-6,9,12-15,18,21-24,27,30,33,36-39,41-42,44-52H2,1-3H3/b10-7-,11-8-,19-16-,20-17-,26-25-,29-28-,34-32-,35-31-,43-40-. The Morgan fingerprint density at radius 2 is 0.661 bits per heavy atom. The van der Waals surface area contributed by atoms with Gasteiger partial charge in [-0.05, 0) is 89.9 Å². The van der Waals surface area contributed by atoms with E-state index < -0.39 is 6.10 Å². The minimum absolute atomic E-state index is 0.114. The summed E-state index contributed by atoms with van der Waals surface area (Å²) in [6.45, 7) is 6.30. The van der Waals surface area contributed by atoms with E-state index >= 15 is 0 Å². The number of unbranched alkanes of at least 4 members (excludes halogenated alkanes) is 14. The van der Waals surface area contributed by atoms with Gasteiger partial charge in [-0.3, -0.25) is 14.4 Å². The van der Waals surface area contributed by atoms with Gasteiger partial charge in [0.2, 0.25) is 0 Å². The van der Waals surface area contributed by atoms with Crippen molar-refractivity contribution >= 4 is 17.9 Å². The molecule has 62 heavy (non-hydrogen) atoms. The predicted octanol–water partition coefficient (Wildman–Crippen LogP) is 16.4. The number of ether oxygens (including phenoxy) is 3. The number of allylic oxidation sites excluding steroid dienone is 18. The molecular weight excluding hydrogens is 769 g/mol. The highest BCUT2D eigenvalue weighted by atomic mass is 16.6. The van der Waals surface area contributed by atoms with Crippen molar-refractivity contribution in [2.24, 2.45) is 0 Å². The van der Waals surface area contributed by atoms with Gasteiger partial charge in [0.05, 0.1) is 0 Å². The molecule has 0 heterocycles. The van der Waals surface area contributed by atoms with Crippen LogP contribution in [0, 0.1) is 0 Å². The molecule has 0 aromatic carbocycles. The van der Waals surface area contributed by atoms with Gasteiger partial charge < -0.3 is 14.2 Å². The summed E-state index contributed by atoms with van der Waals surface area (Å²) in [6, 6.07) is 0. The number of hydrogen-bond acceptors (Lipinski definition) is 6. The molecule has 350 valence electrons. The molecule has 6 heteroatoms. The SMILES string of the molecule is CC/C=C\C/C=C\C/C=C\C/C=C\C/C=C\C/C=C\CCC(=O)OCC(COC(=O)CCCCCCCCCCCCCC)OC(=O)CCCCC/C=C\C/C=C\C/C=C\CC. The summed E-state index contributed by atoms with van der Waals surface area (Å²) in [5.41, 5.74) is 0. The number of carbonyl (C=O) groups excluding carboxylic acids is 3. The van der Waals surface area contributed by atoms with Crippen molar-refractivity contribution < 1.29 is 28.6 Å². The molecule has 0 saturated carbocycles. The maximum Gasteiger partial charge on any atom is 0.306 e. The predicted molar refractivity (Wildman–Crippen MR) is 265 cm³/mol. The van der Waals surface area contributed by atoms with Gasteiger partial charge >= 0.3 is 17.9 Å². The molecule has 0 aliphatic carbocycles. The Hall–Kier alpha value is -3.93. The molecule has 0 aromatic heterocycles. The van der Waals surface area contributed by atoms with Crippen molar-refractivity contribution in [3.8, 4) is 0 Å². The molecule has 0 amide bonds. The van der Waals surface area contributed by atoms with Crippen LogP contribution in [-0.4, -0.2) is 37.2 Å². The van der Waals surface area contributed by atoms with Crippen LogP contribution in [-0.2, 0) is 28.6 Å². The Morgan fingerprint density at radius 3 is 1.08 bits per heavy atom. The Bertz CT molecular complexity index is 1310. The molecule has 0 rings (SSSR count). The molecular formula is C56H90O6.